The monoisotopic (exact) mass is 321 g/mol. The van der Waals surface area contributed by atoms with Gasteiger partial charge in [0.1, 0.15) is 0 Å². The van der Waals surface area contributed by atoms with Crippen LogP contribution in [-0.4, -0.2) is 64.7 Å². The first-order valence-electron chi connectivity index (χ1n) is 9.08. The van der Waals surface area contributed by atoms with E-state index in [0.29, 0.717) is 12.5 Å². The molecular weight excluding hydrogens is 294 g/mol. The van der Waals surface area contributed by atoms with Gasteiger partial charge in [0.15, 0.2) is 0 Å². The van der Waals surface area contributed by atoms with Crippen LogP contribution in [0, 0.1) is 5.41 Å². The molecule has 2 N–H and O–H groups in total. The molecule has 128 valence electrons. The summed E-state index contributed by atoms with van der Waals surface area (Å²) in [7, 11) is 0. The number of carboxylic acid groups (broad SMARTS) is 1. The molecule has 0 aromatic rings. The van der Waals surface area contributed by atoms with Gasteiger partial charge in [0.2, 0.25) is 5.91 Å². The zero-order valence-electron chi connectivity index (χ0n) is 13.7. The maximum Gasteiger partial charge on any atom is 0.407 e. The lowest BCUT2D eigenvalue weighted by Gasteiger charge is -2.51. The Morgan fingerprint density at radius 1 is 1.13 bits per heavy atom. The van der Waals surface area contributed by atoms with Crippen LogP contribution in [-0.2, 0) is 4.79 Å². The third-order valence-corrected chi connectivity index (χ3v) is 6.74. The minimum absolute atomic E-state index is 0.200. The molecule has 0 aliphatic carbocycles. The van der Waals surface area contributed by atoms with Gasteiger partial charge in [0, 0.05) is 31.1 Å². The smallest absolute Gasteiger partial charge is 0.407 e. The van der Waals surface area contributed by atoms with Crippen LogP contribution >= 0.6 is 0 Å². The Morgan fingerprint density at radius 2 is 1.78 bits per heavy atom. The standard InChI is InChI=1S/C17H27N3O3/c21-15-10-17(11-18-15)4-6-19(7-5-17)14-8-12-2-1-3-13(9-14)20(12)16(22)23/h12-14H,1-11H2,(H,18,21)(H,22,23). The van der Waals surface area contributed by atoms with Crippen molar-refractivity contribution in [3.05, 3.63) is 0 Å². The highest BCUT2D eigenvalue weighted by atomic mass is 16.4. The van der Waals surface area contributed by atoms with Gasteiger partial charge in [0.25, 0.3) is 0 Å². The summed E-state index contributed by atoms with van der Waals surface area (Å²) >= 11 is 0. The van der Waals surface area contributed by atoms with E-state index >= 15 is 0 Å². The van der Waals surface area contributed by atoms with Crippen molar-refractivity contribution in [3.8, 4) is 0 Å². The van der Waals surface area contributed by atoms with E-state index in [1.807, 2.05) is 0 Å². The van der Waals surface area contributed by atoms with E-state index < -0.39 is 6.09 Å². The quantitative estimate of drug-likeness (QED) is 0.770. The predicted molar refractivity (Wildman–Crippen MR) is 85.2 cm³/mol. The van der Waals surface area contributed by atoms with Gasteiger partial charge >= 0.3 is 6.09 Å². The molecule has 23 heavy (non-hydrogen) atoms. The molecule has 4 saturated heterocycles. The fourth-order valence-electron chi connectivity index (χ4n) is 5.43. The molecular formula is C17H27N3O3. The molecule has 2 unspecified atom stereocenters. The molecule has 6 heteroatoms. The average molecular weight is 321 g/mol. The van der Waals surface area contributed by atoms with Gasteiger partial charge in [-0.25, -0.2) is 4.79 Å². The number of carbonyl (C=O) groups is 2. The number of likely N-dealkylation sites (tertiary alicyclic amines) is 1. The van der Waals surface area contributed by atoms with Crippen molar-refractivity contribution in [2.75, 3.05) is 19.6 Å². The summed E-state index contributed by atoms with van der Waals surface area (Å²) in [6.45, 7) is 2.97. The molecule has 0 aromatic carbocycles. The topological polar surface area (TPSA) is 72.9 Å². The van der Waals surface area contributed by atoms with E-state index in [1.54, 1.807) is 4.90 Å². The van der Waals surface area contributed by atoms with Crippen molar-refractivity contribution < 1.29 is 14.7 Å². The highest BCUT2D eigenvalue weighted by molar-refractivity contribution is 5.79. The Balaban J connectivity index is 1.39. The number of hydrogen-bond acceptors (Lipinski definition) is 3. The van der Waals surface area contributed by atoms with E-state index in [0.717, 1.165) is 58.2 Å². The zero-order valence-corrected chi connectivity index (χ0v) is 13.7. The van der Waals surface area contributed by atoms with Gasteiger partial charge in [-0.15, -0.1) is 0 Å². The molecule has 0 saturated carbocycles. The molecule has 2 atom stereocenters. The van der Waals surface area contributed by atoms with Crippen LogP contribution in [0.1, 0.15) is 51.4 Å². The molecule has 4 aliphatic heterocycles. The van der Waals surface area contributed by atoms with Crippen LogP contribution < -0.4 is 5.32 Å². The Labute approximate surface area is 137 Å². The summed E-state index contributed by atoms with van der Waals surface area (Å²) in [5.74, 6) is 0.211. The van der Waals surface area contributed by atoms with E-state index in [4.69, 9.17) is 0 Å². The Kier molecular flexibility index (Phi) is 3.75. The van der Waals surface area contributed by atoms with Crippen molar-refractivity contribution in [3.63, 3.8) is 0 Å². The first kappa shape index (κ1) is 15.2. The number of nitrogens with zero attached hydrogens (tertiary/aromatic N) is 2. The van der Waals surface area contributed by atoms with Gasteiger partial charge in [-0.1, -0.05) is 0 Å². The number of rotatable bonds is 1. The first-order valence-corrected chi connectivity index (χ1v) is 9.08. The molecule has 4 aliphatic rings. The zero-order chi connectivity index (χ0) is 16.0. The fourth-order valence-corrected chi connectivity index (χ4v) is 5.43. The average Bonchev–Trinajstić information content (AvgIpc) is 2.87. The lowest BCUT2D eigenvalue weighted by molar-refractivity contribution is -0.119. The predicted octanol–water partition coefficient (Wildman–Crippen LogP) is 1.65. The second-order valence-corrected chi connectivity index (χ2v) is 8.04. The van der Waals surface area contributed by atoms with Gasteiger partial charge < -0.3 is 20.2 Å². The summed E-state index contributed by atoms with van der Waals surface area (Å²) in [6, 6.07) is 0.967. The van der Waals surface area contributed by atoms with Crippen LogP contribution in [0.4, 0.5) is 4.79 Å². The first-order chi connectivity index (χ1) is 11.1. The molecule has 4 heterocycles. The molecule has 1 spiro atoms. The molecule has 0 radical (unpaired) electrons. The van der Waals surface area contributed by atoms with Crippen LogP contribution in [0.5, 0.6) is 0 Å². The summed E-state index contributed by atoms with van der Waals surface area (Å²) in [5, 5.41) is 12.5. The van der Waals surface area contributed by atoms with Gasteiger partial charge in [0.05, 0.1) is 0 Å². The number of amides is 2. The van der Waals surface area contributed by atoms with E-state index in [9.17, 15) is 14.7 Å². The lowest BCUT2D eigenvalue weighted by atomic mass is 9.75. The molecule has 2 bridgehead atoms. The second-order valence-electron chi connectivity index (χ2n) is 8.04. The van der Waals surface area contributed by atoms with Crippen LogP contribution in [0.25, 0.3) is 0 Å². The molecule has 0 aromatic heterocycles. The van der Waals surface area contributed by atoms with Gasteiger partial charge in [-0.3, -0.25) is 4.79 Å². The summed E-state index contributed by atoms with van der Waals surface area (Å²) in [4.78, 5) is 27.4. The Morgan fingerprint density at radius 3 is 2.30 bits per heavy atom. The highest BCUT2D eigenvalue weighted by Crippen LogP contribution is 2.41. The minimum Gasteiger partial charge on any atom is -0.465 e. The van der Waals surface area contributed by atoms with Gasteiger partial charge in [-0.2, -0.15) is 0 Å². The SMILES string of the molecule is O=C1CC2(CCN(C3CC4CCCC(C3)N4C(=O)O)CC2)CN1. The largest absolute Gasteiger partial charge is 0.465 e. The second kappa shape index (κ2) is 5.65. The summed E-state index contributed by atoms with van der Waals surface area (Å²) in [5.41, 5.74) is 0.200. The minimum atomic E-state index is -0.730. The van der Waals surface area contributed by atoms with Crippen LogP contribution in [0.2, 0.25) is 0 Å². The van der Waals surface area contributed by atoms with Crippen LogP contribution in [0.3, 0.4) is 0 Å². The number of carbonyl (C=O) groups excluding carboxylic acids is 1. The Hall–Kier alpha value is -1.30. The summed E-state index contributed by atoms with van der Waals surface area (Å²) in [6.07, 6.45) is 7.36. The van der Waals surface area contributed by atoms with E-state index in [2.05, 4.69) is 10.2 Å². The molecule has 2 amide bonds. The van der Waals surface area contributed by atoms with Crippen molar-refractivity contribution in [2.45, 2.75) is 69.5 Å². The third-order valence-electron chi connectivity index (χ3n) is 6.74. The van der Waals surface area contributed by atoms with Crippen molar-refractivity contribution in [2.24, 2.45) is 5.41 Å². The molecule has 6 nitrogen and oxygen atoms in total. The molecule has 4 fully saturated rings. The maximum absolute atomic E-state index is 11.5. The van der Waals surface area contributed by atoms with E-state index in [-0.39, 0.29) is 23.4 Å². The fraction of sp³-hybridized carbons (Fsp3) is 0.882. The molecule has 4 rings (SSSR count). The maximum atomic E-state index is 11.5. The number of fused-ring (bicyclic) bond motifs is 2. The lowest BCUT2D eigenvalue weighted by Crippen LogP contribution is -2.59. The number of hydrogen-bond donors (Lipinski definition) is 2. The van der Waals surface area contributed by atoms with E-state index in [1.165, 1.54) is 6.42 Å². The summed E-state index contributed by atoms with van der Waals surface area (Å²) < 4.78 is 0. The number of nitrogens with one attached hydrogen (secondary N) is 1. The number of piperidine rings is 3. The van der Waals surface area contributed by atoms with Crippen LogP contribution in [0.15, 0.2) is 0 Å². The van der Waals surface area contributed by atoms with Crippen molar-refractivity contribution >= 4 is 12.0 Å². The van der Waals surface area contributed by atoms with Gasteiger partial charge in [-0.05, 0) is 63.5 Å². The van der Waals surface area contributed by atoms with Crippen molar-refractivity contribution in [1.82, 2.24) is 15.1 Å². The Bertz CT molecular complexity index is 487. The normalized spacial score (nSPS) is 37.0. The van der Waals surface area contributed by atoms with Crippen molar-refractivity contribution in [1.29, 1.82) is 0 Å². The highest BCUT2D eigenvalue weighted by Gasteiger charge is 2.46. The third kappa shape index (κ3) is 2.71.